The van der Waals surface area contributed by atoms with Gasteiger partial charge < -0.3 is 4.90 Å². The topological polar surface area (TPSA) is 53.5 Å². The van der Waals surface area contributed by atoms with Crippen LogP contribution in [0.2, 0.25) is 5.02 Å². The fraction of sp³-hybridized carbons (Fsp3) is 0.278. The lowest BCUT2D eigenvalue weighted by Crippen LogP contribution is -2.48. The molecule has 2 aromatic carbocycles. The largest absolute Gasteiger partial charge is 0.345 e. The van der Waals surface area contributed by atoms with Crippen molar-refractivity contribution in [3.05, 3.63) is 52.8 Å². The Morgan fingerprint density at radius 2 is 1.74 bits per heavy atom. The maximum Gasteiger partial charge on any atom is 0.243 e. The third-order valence-corrected chi connectivity index (χ3v) is 8.10. The van der Waals surface area contributed by atoms with Crippen molar-refractivity contribution in [1.29, 1.82) is 0 Å². The molecule has 27 heavy (non-hydrogen) atoms. The van der Waals surface area contributed by atoms with Crippen molar-refractivity contribution >= 4 is 48.3 Å². The van der Waals surface area contributed by atoms with E-state index in [1.807, 2.05) is 19.1 Å². The first-order valence-corrected chi connectivity index (χ1v) is 11.1. The molecule has 4 rings (SSSR count). The molecular weight excluding hydrogens is 409 g/mol. The zero-order valence-corrected chi connectivity index (χ0v) is 16.9. The first kappa shape index (κ1) is 18.6. The van der Waals surface area contributed by atoms with Gasteiger partial charge in [0.2, 0.25) is 10.0 Å². The Labute approximate surface area is 166 Å². The van der Waals surface area contributed by atoms with E-state index in [0.29, 0.717) is 31.2 Å². The van der Waals surface area contributed by atoms with Gasteiger partial charge >= 0.3 is 0 Å². The number of hydrogen-bond acceptors (Lipinski definition) is 5. The van der Waals surface area contributed by atoms with Gasteiger partial charge in [0.25, 0.3) is 0 Å². The van der Waals surface area contributed by atoms with Crippen molar-refractivity contribution in [2.24, 2.45) is 0 Å². The van der Waals surface area contributed by atoms with E-state index < -0.39 is 15.8 Å². The molecule has 5 nitrogen and oxygen atoms in total. The van der Waals surface area contributed by atoms with E-state index in [2.05, 4.69) is 4.90 Å². The summed E-state index contributed by atoms with van der Waals surface area (Å²) >= 11 is 7.75. The van der Waals surface area contributed by atoms with Crippen LogP contribution in [0.15, 0.2) is 41.3 Å². The highest BCUT2D eigenvalue weighted by atomic mass is 35.5. The third kappa shape index (κ3) is 3.42. The van der Waals surface area contributed by atoms with Gasteiger partial charge in [-0.2, -0.15) is 4.31 Å². The number of sulfonamides is 1. The van der Waals surface area contributed by atoms with Gasteiger partial charge in [-0.1, -0.05) is 22.9 Å². The second kappa shape index (κ2) is 7.01. The second-order valence-corrected chi connectivity index (χ2v) is 9.71. The number of rotatable bonds is 3. The Bertz CT molecular complexity index is 1090. The number of hydrogen-bond donors (Lipinski definition) is 0. The molecule has 0 atom stereocenters. The zero-order chi connectivity index (χ0) is 19.2. The molecule has 0 radical (unpaired) electrons. The first-order chi connectivity index (χ1) is 12.9. The molecule has 9 heteroatoms. The molecule has 1 saturated heterocycles. The maximum atomic E-state index is 13.1. The Morgan fingerprint density at radius 1 is 1.07 bits per heavy atom. The van der Waals surface area contributed by atoms with Crippen molar-refractivity contribution < 1.29 is 12.8 Å². The summed E-state index contributed by atoms with van der Waals surface area (Å²) in [5.41, 5.74) is 1.85. The quantitative estimate of drug-likeness (QED) is 0.638. The molecule has 1 aliphatic heterocycles. The number of aryl methyl sites for hydroxylation is 1. The summed E-state index contributed by atoms with van der Waals surface area (Å²) in [5.74, 6) is -0.454. The van der Waals surface area contributed by atoms with E-state index in [9.17, 15) is 12.8 Å². The molecule has 0 saturated carbocycles. The van der Waals surface area contributed by atoms with Crippen LogP contribution in [0.1, 0.15) is 5.56 Å². The lowest BCUT2D eigenvalue weighted by Gasteiger charge is -2.33. The molecule has 0 bridgehead atoms. The van der Waals surface area contributed by atoms with Crippen LogP contribution in [0, 0.1) is 12.7 Å². The van der Waals surface area contributed by atoms with Gasteiger partial charge in [-0.05, 0) is 48.9 Å². The summed E-state index contributed by atoms with van der Waals surface area (Å²) in [4.78, 5) is 6.91. The van der Waals surface area contributed by atoms with Crippen molar-refractivity contribution in [2.45, 2.75) is 11.8 Å². The van der Waals surface area contributed by atoms with E-state index in [0.717, 1.165) is 33.0 Å². The van der Waals surface area contributed by atoms with Crippen LogP contribution < -0.4 is 4.90 Å². The molecule has 0 N–H and O–H groups in total. The van der Waals surface area contributed by atoms with Gasteiger partial charge in [0, 0.05) is 31.2 Å². The molecule has 0 unspecified atom stereocenters. The highest BCUT2D eigenvalue weighted by Crippen LogP contribution is 2.34. The molecule has 1 aliphatic rings. The van der Waals surface area contributed by atoms with E-state index >= 15 is 0 Å². The summed E-state index contributed by atoms with van der Waals surface area (Å²) in [6, 6.07) is 8.76. The molecule has 0 aliphatic carbocycles. The van der Waals surface area contributed by atoms with Crippen LogP contribution in [0.4, 0.5) is 9.52 Å². The SMILES string of the molecule is Cc1c(Cl)ccc2sc(N3CCN(S(=O)(=O)c4ccc(F)cc4)CC3)nc12. The van der Waals surface area contributed by atoms with E-state index in [4.69, 9.17) is 16.6 Å². The Morgan fingerprint density at radius 3 is 2.41 bits per heavy atom. The number of halogens is 2. The third-order valence-electron chi connectivity index (χ3n) is 4.70. The average molecular weight is 426 g/mol. The van der Waals surface area contributed by atoms with Gasteiger partial charge in [0.15, 0.2) is 5.13 Å². The summed E-state index contributed by atoms with van der Waals surface area (Å²) in [7, 11) is -3.62. The number of anilines is 1. The molecule has 2 heterocycles. The molecular formula is C18H17ClFN3O2S2. The van der Waals surface area contributed by atoms with Crippen molar-refractivity contribution in [3.63, 3.8) is 0 Å². The zero-order valence-electron chi connectivity index (χ0n) is 14.5. The number of benzene rings is 2. The van der Waals surface area contributed by atoms with Gasteiger partial charge in [0.05, 0.1) is 15.1 Å². The number of thiazole rings is 1. The molecule has 0 spiro atoms. The number of aromatic nitrogens is 1. The van der Waals surface area contributed by atoms with Crippen LogP contribution in [0.5, 0.6) is 0 Å². The lowest BCUT2D eigenvalue weighted by atomic mass is 10.2. The lowest BCUT2D eigenvalue weighted by molar-refractivity contribution is 0.385. The van der Waals surface area contributed by atoms with Crippen LogP contribution >= 0.6 is 22.9 Å². The first-order valence-electron chi connectivity index (χ1n) is 8.42. The fourth-order valence-corrected chi connectivity index (χ4v) is 5.75. The minimum atomic E-state index is -3.62. The average Bonchev–Trinajstić information content (AvgIpc) is 3.10. The minimum absolute atomic E-state index is 0.114. The Hall–Kier alpha value is -1.74. The highest BCUT2D eigenvalue weighted by molar-refractivity contribution is 7.89. The van der Waals surface area contributed by atoms with Crippen LogP contribution in [-0.4, -0.2) is 43.9 Å². The Balaban J connectivity index is 1.52. The molecule has 1 aromatic heterocycles. The molecule has 142 valence electrons. The van der Waals surface area contributed by atoms with Gasteiger partial charge in [0.1, 0.15) is 5.82 Å². The number of fused-ring (bicyclic) bond motifs is 1. The van der Waals surface area contributed by atoms with E-state index in [-0.39, 0.29) is 4.90 Å². The Kier molecular flexibility index (Phi) is 4.84. The minimum Gasteiger partial charge on any atom is -0.345 e. The molecule has 0 amide bonds. The van der Waals surface area contributed by atoms with Crippen LogP contribution in [0.3, 0.4) is 0 Å². The normalized spacial score (nSPS) is 16.2. The number of nitrogens with zero attached hydrogens (tertiary/aromatic N) is 3. The smallest absolute Gasteiger partial charge is 0.243 e. The highest BCUT2D eigenvalue weighted by Gasteiger charge is 2.29. The van der Waals surface area contributed by atoms with Crippen molar-refractivity contribution in [1.82, 2.24) is 9.29 Å². The second-order valence-electron chi connectivity index (χ2n) is 6.36. The van der Waals surface area contributed by atoms with E-state index in [1.165, 1.54) is 16.4 Å². The fourth-order valence-electron chi connectivity index (χ4n) is 3.10. The summed E-state index contributed by atoms with van der Waals surface area (Å²) in [6.07, 6.45) is 0. The van der Waals surface area contributed by atoms with Crippen LogP contribution in [0.25, 0.3) is 10.2 Å². The summed E-state index contributed by atoms with van der Waals surface area (Å²) in [5, 5.41) is 1.56. The monoisotopic (exact) mass is 425 g/mol. The standard InChI is InChI=1S/C18H17ClFN3O2S2/c1-12-15(19)6-7-16-17(12)21-18(26-16)22-8-10-23(11-9-22)27(24,25)14-4-2-13(20)3-5-14/h2-7H,8-11H2,1H3. The van der Waals surface area contributed by atoms with Gasteiger partial charge in [-0.3, -0.25) is 0 Å². The van der Waals surface area contributed by atoms with Gasteiger partial charge in [-0.15, -0.1) is 0 Å². The predicted octanol–water partition coefficient (Wildman–Crippen LogP) is 3.91. The molecule has 3 aromatic rings. The summed E-state index contributed by atoms with van der Waals surface area (Å²) < 4.78 is 41.0. The van der Waals surface area contributed by atoms with Crippen molar-refractivity contribution in [3.8, 4) is 0 Å². The summed E-state index contributed by atoms with van der Waals surface area (Å²) in [6.45, 7) is 3.76. The maximum absolute atomic E-state index is 13.1. The number of piperazine rings is 1. The van der Waals surface area contributed by atoms with E-state index in [1.54, 1.807) is 11.3 Å². The van der Waals surface area contributed by atoms with Gasteiger partial charge in [-0.25, -0.2) is 17.8 Å². The molecule has 1 fully saturated rings. The van der Waals surface area contributed by atoms with Crippen LogP contribution in [-0.2, 0) is 10.0 Å². The van der Waals surface area contributed by atoms with Crippen molar-refractivity contribution in [2.75, 3.05) is 31.1 Å². The predicted molar refractivity (Wildman–Crippen MR) is 107 cm³/mol.